The van der Waals surface area contributed by atoms with Gasteiger partial charge in [-0.1, -0.05) is 6.42 Å². The lowest BCUT2D eigenvalue weighted by Crippen LogP contribution is -2.37. The van der Waals surface area contributed by atoms with Gasteiger partial charge in [0.1, 0.15) is 0 Å². The summed E-state index contributed by atoms with van der Waals surface area (Å²) in [6.07, 6.45) is 5.92. The fourth-order valence-electron chi connectivity index (χ4n) is 2.75. The standard InChI is InChI=1S/C13H26N2O/c1-12-13(5-10-16-12)11-14-6-9-15-7-3-2-4-8-15/h12-14H,2-11H2,1H3. The molecule has 0 aromatic heterocycles. The summed E-state index contributed by atoms with van der Waals surface area (Å²) >= 11 is 0. The average molecular weight is 226 g/mol. The maximum absolute atomic E-state index is 5.56. The SMILES string of the molecule is CC1OCCC1CNCCN1CCCCC1. The van der Waals surface area contributed by atoms with Gasteiger partial charge in [0.25, 0.3) is 0 Å². The first-order chi connectivity index (χ1) is 7.86. The molecule has 2 rings (SSSR count). The van der Waals surface area contributed by atoms with E-state index >= 15 is 0 Å². The molecule has 0 aliphatic carbocycles. The minimum Gasteiger partial charge on any atom is -0.378 e. The number of piperidine rings is 1. The van der Waals surface area contributed by atoms with E-state index in [4.69, 9.17) is 4.74 Å². The Morgan fingerprint density at radius 3 is 2.75 bits per heavy atom. The van der Waals surface area contributed by atoms with Crippen LogP contribution in [0.2, 0.25) is 0 Å². The molecule has 2 heterocycles. The molecule has 3 nitrogen and oxygen atoms in total. The van der Waals surface area contributed by atoms with Crippen molar-refractivity contribution in [2.75, 3.05) is 39.3 Å². The summed E-state index contributed by atoms with van der Waals surface area (Å²) in [7, 11) is 0. The first kappa shape index (κ1) is 12.3. The molecule has 0 spiro atoms. The van der Waals surface area contributed by atoms with E-state index in [9.17, 15) is 0 Å². The molecule has 16 heavy (non-hydrogen) atoms. The second-order valence-corrected chi connectivity index (χ2v) is 5.23. The summed E-state index contributed by atoms with van der Waals surface area (Å²) in [5.41, 5.74) is 0. The van der Waals surface area contributed by atoms with Crippen LogP contribution in [0.15, 0.2) is 0 Å². The summed E-state index contributed by atoms with van der Waals surface area (Å²) in [4.78, 5) is 2.59. The summed E-state index contributed by atoms with van der Waals surface area (Å²) in [5.74, 6) is 0.737. The minimum absolute atomic E-state index is 0.461. The number of nitrogens with one attached hydrogen (secondary N) is 1. The summed E-state index contributed by atoms with van der Waals surface area (Å²) < 4.78 is 5.56. The van der Waals surface area contributed by atoms with Crippen LogP contribution in [0.4, 0.5) is 0 Å². The molecular formula is C13H26N2O. The number of hydrogen-bond donors (Lipinski definition) is 1. The van der Waals surface area contributed by atoms with Gasteiger partial charge in [-0.25, -0.2) is 0 Å². The Kier molecular flexibility index (Phi) is 5.07. The first-order valence-corrected chi connectivity index (χ1v) is 6.91. The van der Waals surface area contributed by atoms with Crippen molar-refractivity contribution in [3.05, 3.63) is 0 Å². The van der Waals surface area contributed by atoms with E-state index in [1.54, 1.807) is 0 Å². The van der Waals surface area contributed by atoms with Gasteiger partial charge in [0.2, 0.25) is 0 Å². The van der Waals surface area contributed by atoms with E-state index in [0.717, 1.165) is 25.6 Å². The van der Waals surface area contributed by atoms with Gasteiger partial charge in [-0.05, 0) is 45.2 Å². The van der Waals surface area contributed by atoms with E-state index < -0.39 is 0 Å². The van der Waals surface area contributed by atoms with Crippen molar-refractivity contribution in [3.8, 4) is 0 Å². The second kappa shape index (κ2) is 6.58. The smallest absolute Gasteiger partial charge is 0.0588 e. The highest BCUT2D eigenvalue weighted by Crippen LogP contribution is 2.19. The topological polar surface area (TPSA) is 24.5 Å². The lowest BCUT2D eigenvalue weighted by molar-refractivity contribution is 0.105. The van der Waals surface area contributed by atoms with Crippen LogP contribution < -0.4 is 5.32 Å². The third-order valence-corrected chi connectivity index (χ3v) is 3.99. The Labute approximate surface area is 99.5 Å². The summed E-state index contributed by atoms with van der Waals surface area (Å²) in [6.45, 7) is 9.28. The van der Waals surface area contributed by atoms with Gasteiger partial charge < -0.3 is 15.0 Å². The molecule has 3 heteroatoms. The number of nitrogens with zero attached hydrogens (tertiary/aromatic N) is 1. The van der Waals surface area contributed by atoms with Crippen LogP contribution in [-0.4, -0.2) is 50.3 Å². The molecule has 0 aromatic carbocycles. The van der Waals surface area contributed by atoms with Crippen LogP contribution in [0, 0.1) is 5.92 Å². The predicted molar refractivity (Wildman–Crippen MR) is 66.7 cm³/mol. The zero-order chi connectivity index (χ0) is 11.2. The number of ether oxygens (including phenoxy) is 1. The van der Waals surface area contributed by atoms with E-state index in [1.165, 1.54) is 45.3 Å². The van der Waals surface area contributed by atoms with Crippen LogP contribution in [0.5, 0.6) is 0 Å². The van der Waals surface area contributed by atoms with Crippen molar-refractivity contribution in [3.63, 3.8) is 0 Å². The van der Waals surface area contributed by atoms with Gasteiger partial charge >= 0.3 is 0 Å². The zero-order valence-electron chi connectivity index (χ0n) is 10.6. The predicted octanol–water partition coefficient (Wildman–Crippen LogP) is 1.49. The number of hydrogen-bond acceptors (Lipinski definition) is 3. The summed E-state index contributed by atoms with van der Waals surface area (Å²) in [5, 5.41) is 3.58. The Morgan fingerprint density at radius 1 is 1.25 bits per heavy atom. The molecule has 1 N–H and O–H groups in total. The maximum atomic E-state index is 5.56. The fraction of sp³-hybridized carbons (Fsp3) is 1.00. The number of rotatable bonds is 5. The van der Waals surface area contributed by atoms with Crippen LogP contribution >= 0.6 is 0 Å². The molecule has 2 unspecified atom stereocenters. The van der Waals surface area contributed by atoms with Gasteiger partial charge in [-0.3, -0.25) is 0 Å². The van der Waals surface area contributed by atoms with E-state index in [-0.39, 0.29) is 0 Å². The molecule has 2 fully saturated rings. The third kappa shape index (κ3) is 3.72. The molecule has 94 valence electrons. The Morgan fingerprint density at radius 2 is 2.06 bits per heavy atom. The Hall–Kier alpha value is -0.120. The van der Waals surface area contributed by atoms with Crippen molar-refractivity contribution in [1.29, 1.82) is 0 Å². The van der Waals surface area contributed by atoms with Gasteiger partial charge in [0, 0.05) is 26.2 Å². The van der Waals surface area contributed by atoms with E-state index in [1.807, 2.05) is 0 Å². The van der Waals surface area contributed by atoms with Crippen molar-refractivity contribution >= 4 is 0 Å². The number of likely N-dealkylation sites (tertiary alicyclic amines) is 1. The fourth-order valence-corrected chi connectivity index (χ4v) is 2.75. The highest BCUT2D eigenvalue weighted by molar-refractivity contribution is 4.75. The van der Waals surface area contributed by atoms with Gasteiger partial charge in [0.15, 0.2) is 0 Å². The first-order valence-electron chi connectivity index (χ1n) is 6.91. The highest BCUT2D eigenvalue weighted by Gasteiger charge is 2.23. The molecule has 2 saturated heterocycles. The maximum Gasteiger partial charge on any atom is 0.0588 e. The molecule has 0 saturated carbocycles. The highest BCUT2D eigenvalue weighted by atomic mass is 16.5. The zero-order valence-corrected chi connectivity index (χ0v) is 10.6. The van der Waals surface area contributed by atoms with Crippen LogP contribution in [-0.2, 0) is 4.74 Å². The molecule has 0 amide bonds. The van der Waals surface area contributed by atoms with Crippen LogP contribution in [0.3, 0.4) is 0 Å². The van der Waals surface area contributed by atoms with Crippen LogP contribution in [0.1, 0.15) is 32.6 Å². The van der Waals surface area contributed by atoms with Gasteiger partial charge in [0.05, 0.1) is 6.10 Å². The third-order valence-electron chi connectivity index (χ3n) is 3.99. The second-order valence-electron chi connectivity index (χ2n) is 5.23. The van der Waals surface area contributed by atoms with Crippen LogP contribution in [0.25, 0.3) is 0 Å². The largest absolute Gasteiger partial charge is 0.378 e. The molecule has 0 aromatic rings. The molecule has 0 radical (unpaired) electrons. The Bertz CT molecular complexity index is 192. The lowest BCUT2D eigenvalue weighted by atomic mass is 10.0. The molecular weight excluding hydrogens is 200 g/mol. The Balaban J connectivity index is 1.51. The average Bonchev–Trinajstić information content (AvgIpc) is 2.72. The molecule has 0 bridgehead atoms. The van der Waals surface area contributed by atoms with Crippen molar-refractivity contribution < 1.29 is 4.74 Å². The van der Waals surface area contributed by atoms with E-state index in [0.29, 0.717) is 6.10 Å². The lowest BCUT2D eigenvalue weighted by Gasteiger charge is -2.26. The molecule has 2 aliphatic rings. The van der Waals surface area contributed by atoms with Gasteiger partial charge in [-0.15, -0.1) is 0 Å². The minimum atomic E-state index is 0.461. The van der Waals surface area contributed by atoms with Crippen molar-refractivity contribution in [1.82, 2.24) is 10.2 Å². The molecule has 2 atom stereocenters. The van der Waals surface area contributed by atoms with E-state index in [2.05, 4.69) is 17.1 Å². The normalized spacial score (nSPS) is 32.1. The summed E-state index contributed by atoms with van der Waals surface area (Å²) in [6, 6.07) is 0. The van der Waals surface area contributed by atoms with Crippen molar-refractivity contribution in [2.45, 2.75) is 38.7 Å². The monoisotopic (exact) mass is 226 g/mol. The van der Waals surface area contributed by atoms with Gasteiger partial charge in [-0.2, -0.15) is 0 Å². The quantitative estimate of drug-likeness (QED) is 0.719. The molecule has 2 aliphatic heterocycles. The van der Waals surface area contributed by atoms with Crippen molar-refractivity contribution in [2.24, 2.45) is 5.92 Å².